The Labute approximate surface area is 234 Å². The lowest BCUT2D eigenvalue weighted by atomic mass is 10.1. The Morgan fingerprint density at radius 2 is 1.00 bits per heavy atom. The SMILES string of the molecule is C[C@H](Cl)C(=O)Oc1ccc(-c2ccc(OC(F)C(F)(F)OC(F)(F)C(F)(F)OC(F)(F)C(F)(F)OC(F)(F)F)cc2)cc1. The lowest BCUT2D eigenvalue weighted by Crippen LogP contribution is -2.58. The first-order valence-electron chi connectivity index (χ1n) is 10.7. The molecule has 0 spiro atoms. The van der Waals surface area contributed by atoms with Crippen LogP contribution < -0.4 is 9.47 Å². The minimum absolute atomic E-state index is 0.0866. The maximum atomic E-state index is 13.9. The monoisotopic (exact) mass is 674 g/mol. The van der Waals surface area contributed by atoms with Gasteiger partial charge in [-0.15, -0.1) is 24.8 Å². The van der Waals surface area contributed by atoms with Gasteiger partial charge in [0.2, 0.25) is 0 Å². The lowest BCUT2D eigenvalue weighted by Gasteiger charge is -2.33. The van der Waals surface area contributed by atoms with Crippen LogP contribution in [-0.2, 0) is 19.0 Å². The summed E-state index contributed by atoms with van der Waals surface area (Å²) < 4.78 is 197. The summed E-state index contributed by atoms with van der Waals surface area (Å²) in [5, 5.41) is -0.954. The molecule has 242 valence electrons. The number of esters is 1. The van der Waals surface area contributed by atoms with E-state index < -0.39 is 60.4 Å². The van der Waals surface area contributed by atoms with Crippen LogP contribution in [-0.4, -0.2) is 54.6 Å². The highest BCUT2D eigenvalue weighted by molar-refractivity contribution is 6.29. The highest BCUT2D eigenvalue weighted by Gasteiger charge is 2.74. The number of ether oxygens (including phenoxy) is 5. The van der Waals surface area contributed by atoms with Gasteiger partial charge < -0.3 is 9.47 Å². The smallest absolute Gasteiger partial charge is 0.452 e. The standard InChI is InChI=1S/C22H13ClF14O6/c1-10(23)15(38)39-13-6-2-11(3-7-13)12-4-8-14(9-5-12)40-16(24)17(25,26)41-18(27,28)19(29,30)42-20(31,32)21(33,34)43-22(35,36)37/h2-10,16H,1H3/t10-,16?/m0/s1. The van der Waals surface area contributed by atoms with E-state index in [2.05, 4.69) is 9.47 Å². The minimum atomic E-state index is -7.24. The number of alkyl halides is 15. The second-order valence-corrected chi connectivity index (χ2v) is 8.56. The molecule has 0 radical (unpaired) electrons. The summed E-state index contributed by atoms with van der Waals surface area (Å²) in [4.78, 5) is 11.5. The molecule has 0 N–H and O–H groups in total. The van der Waals surface area contributed by atoms with E-state index in [0.29, 0.717) is 5.56 Å². The number of benzene rings is 2. The molecule has 2 aromatic carbocycles. The fourth-order valence-electron chi connectivity index (χ4n) is 2.59. The van der Waals surface area contributed by atoms with Gasteiger partial charge in [-0.05, 0) is 42.3 Å². The fourth-order valence-corrected chi connectivity index (χ4v) is 2.63. The van der Waals surface area contributed by atoms with Crippen LogP contribution >= 0.6 is 11.6 Å². The van der Waals surface area contributed by atoms with Gasteiger partial charge in [-0.2, -0.15) is 48.3 Å². The third-order valence-electron chi connectivity index (χ3n) is 4.53. The average molecular weight is 675 g/mol. The van der Waals surface area contributed by atoms with E-state index in [4.69, 9.17) is 16.3 Å². The number of hydrogen-bond acceptors (Lipinski definition) is 6. The van der Waals surface area contributed by atoms with Crippen molar-refractivity contribution in [3.63, 3.8) is 0 Å². The average Bonchev–Trinajstić information content (AvgIpc) is 2.82. The maximum absolute atomic E-state index is 13.9. The molecule has 2 atom stereocenters. The van der Waals surface area contributed by atoms with Crippen molar-refractivity contribution >= 4 is 17.6 Å². The quantitative estimate of drug-likeness (QED) is 0.0927. The van der Waals surface area contributed by atoms with Gasteiger partial charge >= 0.3 is 49.2 Å². The van der Waals surface area contributed by atoms with Crippen molar-refractivity contribution in [3.8, 4) is 22.6 Å². The van der Waals surface area contributed by atoms with E-state index in [9.17, 15) is 66.3 Å². The van der Waals surface area contributed by atoms with Gasteiger partial charge in [0.05, 0.1) is 0 Å². The number of hydrogen-bond donors (Lipinski definition) is 0. The normalized spacial score (nSPS) is 15.2. The van der Waals surface area contributed by atoms with Crippen molar-refractivity contribution in [1.29, 1.82) is 0 Å². The molecule has 0 fully saturated rings. The van der Waals surface area contributed by atoms with Crippen LogP contribution in [0.3, 0.4) is 0 Å². The van der Waals surface area contributed by atoms with Crippen LogP contribution in [0.25, 0.3) is 11.1 Å². The van der Waals surface area contributed by atoms with Gasteiger partial charge in [0, 0.05) is 0 Å². The Balaban J connectivity index is 2.11. The Bertz CT molecular complexity index is 1240. The maximum Gasteiger partial charge on any atom is 0.527 e. The Kier molecular flexibility index (Phi) is 10.5. The molecule has 1 unspecified atom stereocenters. The molecule has 43 heavy (non-hydrogen) atoms. The molecule has 0 bridgehead atoms. The molecule has 0 amide bonds. The Hall–Kier alpha value is -3.10. The zero-order valence-corrected chi connectivity index (χ0v) is 21.1. The van der Waals surface area contributed by atoms with Crippen LogP contribution in [0, 0.1) is 0 Å². The number of halogens is 15. The third kappa shape index (κ3) is 9.44. The van der Waals surface area contributed by atoms with Gasteiger partial charge in [0.1, 0.15) is 16.9 Å². The summed E-state index contributed by atoms with van der Waals surface area (Å²) >= 11 is 5.56. The molecule has 0 aliphatic heterocycles. The highest BCUT2D eigenvalue weighted by Crippen LogP contribution is 2.49. The summed E-state index contributed by atoms with van der Waals surface area (Å²) in [6, 6.07) is 9.15. The van der Waals surface area contributed by atoms with E-state index in [1.165, 1.54) is 35.9 Å². The van der Waals surface area contributed by atoms with Crippen LogP contribution in [0.4, 0.5) is 61.5 Å². The summed E-state index contributed by atoms with van der Waals surface area (Å²) in [7, 11) is 0. The number of carbonyl (C=O) groups is 1. The Morgan fingerprint density at radius 3 is 1.40 bits per heavy atom. The molecule has 0 saturated heterocycles. The van der Waals surface area contributed by atoms with Crippen LogP contribution in [0.5, 0.6) is 11.5 Å². The molecular weight excluding hydrogens is 662 g/mol. The molecule has 0 heterocycles. The van der Waals surface area contributed by atoms with Crippen molar-refractivity contribution < 1.29 is 89.9 Å². The van der Waals surface area contributed by atoms with Crippen molar-refractivity contribution in [3.05, 3.63) is 48.5 Å². The number of carbonyl (C=O) groups excluding carboxylic acids is 1. The molecular formula is C22H13ClF14O6. The molecule has 0 aliphatic rings. The van der Waals surface area contributed by atoms with E-state index >= 15 is 0 Å². The largest absolute Gasteiger partial charge is 0.527 e. The zero-order chi connectivity index (χ0) is 33.2. The van der Waals surface area contributed by atoms with Gasteiger partial charge in [0.15, 0.2) is 0 Å². The molecule has 0 aliphatic carbocycles. The number of rotatable bonds is 13. The van der Waals surface area contributed by atoms with E-state index in [-0.39, 0.29) is 11.3 Å². The van der Waals surface area contributed by atoms with Gasteiger partial charge in [-0.3, -0.25) is 4.79 Å². The summed E-state index contributed by atoms with van der Waals surface area (Å²) in [5.41, 5.74) is 0.672. The van der Waals surface area contributed by atoms with Crippen LogP contribution in [0.15, 0.2) is 48.5 Å². The zero-order valence-electron chi connectivity index (χ0n) is 20.4. The molecule has 21 heteroatoms. The van der Waals surface area contributed by atoms with Crippen molar-refractivity contribution in [2.75, 3.05) is 0 Å². The summed E-state index contributed by atoms with van der Waals surface area (Å²) in [5.74, 6) is -1.55. The molecule has 6 nitrogen and oxygen atoms in total. The lowest BCUT2D eigenvalue weighted by molar-refractivity contribution is -0.567. The minimum Gasteiger partial charge on any atom is -0.452 e. The van der Waals surface area contributed by atoms with E-state index in [1.54, 1.807) is 4.74 Å². The Morgan fingerprint density at radius 1 is 0.628 bits per heavy atom. The van der Waals surface area contributed by atoms with E-state index in [1.807, 2.05) is 0 Å². The first-order chi connectivity index (χ1) is 19.3. The second-order valence-electron chi connectivity index (χ2n) is 7.90. The van der Waals surface area contributed by atoms with Crippen molar-refractivity contribution in [2.24, 2.45) is 0 Å². The van der Waals surface area contributed by atoms with Crippen molar-refractivity contribution in [1.82, 2.24) is 0 Å². The topological polar surface area (TPSA) is 63.2 Å². The predicted octanol–water partition coefficient (Wildman–Crippen LogP) is 8.09. The second kappa shape index (κ2) is 12.5. The predicted molar refractivity (Wildman–Crippen MR) is 112 cm³/mol. The van der Waals surface area contributed by atoms with Gasteiger partial charge in [-0.1, -0.05) is 24.3 Å². The van der Waals surface area contributed by atoms with Crippen molar-refractivity contribution in [2.45, 2.75) is 55.6 Å². The fraction of sp³-hybridized carbons (Fsp3) is 0.409. The third-order valence-corrected chi connectivity index (χ3v) is 4.71. The summed E-state index contributed by atoms with van der Waals surface area (Å²) in [6.07, 6.45) is -45.8. The molecule has 2 rings (SSSR count). The molecule has 0 aromatic heterocycles. The molecule has 2 aromatic rings. The van der Waals surface area contributed by atoms with Crippen LogP contribution in [0.1, 0.15) is 6.92 Å². The first kappa shape index (κ1) is 36.1. The first-order valence-corrected chi connectivity index (χ1v) is 11.2. The van der Waals surface area contributed by atoms with Gasteiger partial charge in [-0.25, -0.2) is 14.2 Å². The highest BCUT2D eigenvalue weighted by atomic mass is 35.5. The van der Waals surface area contributed by atoms with Gasteiger partial charge in [0.25, 0.3) is 0 Å². The molecule has 0 saturated carbocycles. The van der Waals surface area contributed by atoms with E-state index in [0.717, 1.165) is 24.3 Å². The summed E-state index contributed by atoms with van der Waals surface area (Å²) in [6.45, 7) is 1.36. The van der Waals surface area contributed by atoms with Crippen LogP contribution in [0.2, 0.25) is 0 Å².